The number of hydrogen-bond acceptors (Lipinski definition) is 2. The first-order valence-corrected chi connectivity index (χ1v) is 5.83. The third-order valence-electron chi connectivity index (χ3n) is 2.93. The van der Waals surface area contributed by atoms with Gasteiger partial charge in [0.15, 0.2) is 0 Å². The Hall–Kier alpha value is -1.12. The first kappa shape index (κ1) is 11.4. The van der Waals surface area contributed by atoms with E-state index in [1.54, 1.807) is 0 Å². The number of rotatable bonds is 2. The summed E-state index contributed by atoms with van der Waals surface area (Å²) in [6, 6.07) is 10.8. The second-order valence-electron chi connectivity index (χ2n) is 4.54. The summed E-state index contributed by atoms with van der Waals surface area (Å²) in [5, 5.41) is 2.03. The van der Waals surface area contributed by atoms with Gasteiger partial charge in [0.2, 0.25) is 0 Å². The molecule has 2 heteroatoms. The van der Waals surface area contributed by atoms with Crippen LogP contribution in [0.2, 0.25) is 0 Å². The van der Waals surface area contributed by atoms with Gasteiger partial charge in [-0.2, -0.15) is 5.06 Å². The van der Waals surface area contributed by atoms with Crippen molar-refractivity contribution < 1.29 is 4.84 Å². The second-order valence-corrected chi connectivity index (χ2v) is 4.54. The Morgan fingerprint density at radius 3 is 2.56 bits per heavy atom. The molecule has 1 unspecified atom stereocenters. The van der Waals surface area contributed by atoms with Crippen molar-refractivity contribution >= 4 is 0 Å². The van der Waals surface area contributed by atoms with E-state index in [0.717, 1.165) is 6.54 Å². The molecule has 0 aromatic heterocycles. The molecule has 1 aliphatic heterocycles. The van der Waals surface area contributed by atoms with Gasteiger partial charge in [0, 0.05) is 12.6 Å². The summed E-state index contributed by atoms with van der Waals surface area (Å²) in [5.74, 6) is 0. The fourth-order valence-electron chi connectivity index (χ4n) is 1.89. The van der Waals surface area contributed by atoms with Crippen LogP contribution in [0, 0.1) is 0 Å². The summed E-state index contributed by atoms with van der Waals surface area (Å²) in [5.41, 5.74) is 2.52. The Morgan fingerprint density at radius 1 is 1.25 bits per heavy atom. The van der Waals surface area contributed by atoms with Crippen molar-refractivity contribution in [2.75, 3.05) is 6.54 Å². The van der Waals surface area contributed by atoms with Gasteiger partial charge in [-0.15, -0.1) is 0 Å². The van der Waals surface area contributed by atoms with Crippen LogP contribution in [0.4, 0.5) is 0 Å². The van der Waals surface area contributed by atoms with Gasteiger partial charge in [-0.05, 0) is 31.9 Å². The molecule has 0 amide bonds. The topological polar surface area (TPSA) is 12.5 Å². The van der Waals surface area contributed by atoms with Crippen LogP contribution in [0.3, 0.4) is 0 Å². The maximum atomic E-state index is 6.01. The summed E-state index contributed by atoms with van der Waals surface area (Å²) >= 11 is 0. The lowest BCUT2D eigenvalue weighted by molar-refractivity contribution is -0.208. The molecule has 16 heavy (non-hydrogen) atoms. The summed E-state index contributed by atoms with van der Waals surface area (Å²) in [6.07, 6.45) is 2.33. The first-order valence-electron chi connectivity index (χ1n) is 5.83. The van der Waals surface area contributed by atoms with Crippen molar-refractivity contribution in [1.29, 1.82) is 0 Å². The Balaban J connectivity index is 2.21. The van der Waals surface area contributed by atoms with Crippen LogP contribution < -0.4 is 0 Å². The largest absolute Gasteiger partial charge is 0.286 e. The van der Waals surface area contributed by atoms with Gasteiger partial charge in [-0.25, -0.2) is 0 Å². The van der Waals surface area contributed by atoms with E-state index in [4.69, 9.17) is 4.84 Å². The van der Waals surface area contributed by atoms with E-state index in [1.807, 2.05) is 11.1 Å². The maximum absolute atomic E-state index is 6.01. The van der Waals surface area contributed by atoms with E-state index < -0.39 is 0 Å². The van der Waals surface area contributed by atoms with Gasteiger partial charge in [-0.1, -0.05) is 36.4 Å². The van der Waals surface area contributed by atoms with Gasteiger partial charge in [0.1, 0.15) is 6.10 Å². The van der Waals surface area contributed by atoms with Crippen molar-refractivity contribution in [3.63, 3.8) is 0 Å². The molecule has 0 spiro atoms. The molecule has 0 aliphatic carbocycles. The van der Waals surface area contributed by atoms with Crippen LogP contribution in [-0.4, -0.2) is 17.6 Å². The van der Waals surface area contributed by atoms with Crippen molar-refractivity contribution in [3.8, 4) is 0 Å². The van der Waals surface area contributed by atoms with Gasteiger partial charge in [-0.3, -0.25) is 4.84 Å². The molecule has 0 radical (unpaired) electrons. The van der Waals surface area contributed by atoms with Crippen LogP contribution in [0.25, 0.3) is 0 Å². The molecule has 0 bridgehead atoms. The average Bonchev–Trinajstić information content (AvgIpc) is 2.30. The molecule has 2 nitrogen and oxygen atoms in total. The van der Waals surface area contributed by atoms with E-state index in [-0.39, 0.29) is 6.10 Å². The molecule has 0 N–H and O–H groups in total. The summed E-state index contributed by atoms with van der Waals surface area (Å²) in [7, 11) is 0. The standard InChI is InChI=1S/C14H19NO/c1-11(2)15-10-9-12(3)14(16-15)13-7-5-4-6-8-13/h4-9,11,14H,10H2,1-3H3. The van der Waals surface area contributed by atoms with Gasteiger partial charge in [0.05, 0.1) is 0 Å². The lowest BCUT2D eigenvalue weighted by Gasteiger charge is -2.34. The summed E-state index contributed by atoms with van der Waals surface area (Å²) in [4.78, 5) is 6.01. The van der Waals surface area contributed by atoms with Crippen LogP contribution in [0.15, 0.2) is 42.0 Å². The molecule has 0 saturated heterocycles. The maximum Gasteiger partial charge on any atom is 0.125 e. The Morgan fingerprint density at radius 2 is 1.94 bits per heavy atom. The molecule has 0 saturated carbocycles. The zero-order chi connectivity index (χ0) is 11.5. The average molecular weight is 217 g/mol. The number of benzene rings is 1. The fourth-order valence-corrected chi connectivity index (χ4v) is 1.89. The van der Waals surface area contributed by atoms with E-state index in [0.29, 0.717) is 6.04 Å². The molecule has 1 aromatic rings. The molecule has 1 aliphatic rings. The molecule has 2 rings (SSSR count). The van der Waals surface area contributed by atoms with Crippen LogP contribution >= 0.6 is 0 Å². The quantitative estimate of drug-likeness (QED) is 0.704. The van der Waals surface area contributed by atoms with Crippen molar-refractivity contribution in [2.45, 2.75) is 32.9 Å². The third-order valence-corrected chi connectivity index (χ3v) is 2.93. The highest BCUT2D eigenvalue weighted by atomic mass is 16.7. The summed E-state index contributed by atoms with van der Waals surface area (Å²) < 4.78 is 0. The van der Waals surface area contributed by atoms with Crippen molar-refractivity contribution in [3.05, 3.63) is 47.5 Å². The minimum atomic E-state index is 0.0809. The van der Waals surface area contributed by atoms with Gasteiger partial charge in [0.25, 0.3) is 0 Å². The summed E-state index contributed by atoms with van der Waals surface area (Å²) in [6.45, 7) is 7.31. The monoisotopic (exact) mass is 217 g/mol. The normalized spacial score (nSPS) is 22.2. The molecular weight excluding hydrogens is 198 g/mol. The van der Waals surface area contributed by atoms with E-state index in [1.165, 1.54) is 11.1 Å². The zero-order valence-electron chi connectivity index (χ0n) is 10.2. The number of hydroxylamine groups is 2. The van der Waals surface area contributed by atoms with Gasteiger partial charge >= 0.3 is 0 Å². The lowest BCUT2D eigenvalue weighted by atomic mass is 10.0. The van der Waals surface area contributed by atoms with Crippen molar-refractivity contribution in [1.82, 2.24) is 5.06 Å². The highest BCUT2D eigenvalue weighted by Gasteiger charge is 2.23. The van der Waals surface area contributed by atoms with Crippen LogP contribution in [0.5, 0.6) is 0 Å². The SMILES string of the molecule is CC1=CCN(C(C)C)OC1c1ccccc1. The lowest BCUT2D eigenvalue weighted by Crippen LogP contribution is -2.36. The van der Waals surface area contributed by atoms with E-state index >= 15 is 0 Å². The zero-order valence-corrected chi connectivity index (χ0v) is 10.2. The Labute approximate surface area is 97.5 Å². The second kappa shape index (κ2) is 4.81. The highest BCUT2D eigenvalue weighted by molar-refractivity contribution is 5.26. The fraction of sp³-hybridized carbons (Fsp3) is 0.429. The predicted molar refractivity (Wildman–Crippen MR) is 65.9 cm³/mol. The van der Waals surface area contributed by atoms with E-state index in [9.17, 15) is 0 Å². The van der Waals surface area contributed by atoms with E-state index in [2.05, 4.69) is 51.1 Å². The van der Waals surface area contributed by atoms with Crippen LogP contribution in [0.1, 0.15) is 32.4 Å². The van der Waals surface area contributed by atoms with Crippen LogP contribution in [-0.2, 0) is 4.84 Å². The highest BCUT2D eigenvalue weighted by Crippen LogP contribution is 2.30. The van der Waals surface area contributed by atoms with Crippen molar-refractivity contribution in [2.24, 2.45) is 0 Å². The molecule has 86 valence electrons. The minimum absolute atomic E-state index is 0.0809. The smallest absolute Gasteiger partial charge is 0.125 e. The van der Waals surface area contributed by atoms with Gasteiger partial charge < -0.3 is 0 Å². The third kappa shape index (κ3) is 2.34. The number of hydrogen-bond donors (Lipinski definition) is 0. The molecule has 1 atom stereocenters. The molecule has 1 heterocycles. The Bertz CT molecular complexity index is 370. The minimum Gasteiger partial charge on any atom is -0.286 e. The predicted octanol–water partition coefficient (Wildman–Crippen LogP) is 3.33. The Kier molecular flexibility index (Phi) is 3.42. The molecule has 1 aromatic carbocycles. The first-order chi connectivity index (χ1) is 7.68. The molecular formula is C14H19NO. The molecule has 0 fully saturated rings. The number of nitrogens with zero attached hydrogens (tertiary/aromatic N) is 1.